The summed E-state index contributed by atoms with van der Waals surface area (Å²) < 4.78 is 0.0313. The molecule has 3 N–H and O–H groups in total. The summed E-state index contributed by atoms with van der Waals surface area (Å²) in [5.41, 5.74) is -1.19. The van der Waals surface area contributed by atoms with Gasteiger partial charge in [0.2, 0.25) is 0 Å². The smallest absolute Gasteiger partial charge is 0.284 e. The van der Waals surface area contributed by atoms with Crippen LogP contribution in [0.3, 0.4) is 0 Å². The number of rotatable bonds is 0. The Morgan fingerprint density at radius 2 is 1.40 bits per heavy atom. The minimum atomic E-state index is -0.594. The van der Waals surface area contributed by atoms with E-state index >= 15 is 0 Å². The van der Waals surface area contributed by atoms with Crippen molar-refractivity contribution in [2.75, 3.05) is 0 Å². The van der Waals surface area contributed by atoms with Crippen molar-refractivity contribution in [1.82, 2.24) is 15.0 Å². The first-order valence-electron chi connectivity index (χ1n) is 2.11. The molecule has 1 aromatic rings. The molecule has 0 unspecified atom stereocenters. The van der Waals surface area contributed by atoms with Crippen molar-refractivity contribution in [3.8, 4) is 0 Å². The summed E-state index contributed by atoms with van der Waals surface area (Å²) in [6, 6.07) is 0. The van der Waals surface area contributed by atoms with Crippen LogP contribution in [0, 0.1) is 4.77 Å². The first-order valence-corrected chi connectivity index (χ1v) is 2.52. The van der Waals surface area contributed by atoms with Gasteiger partial charge in [-0.1, -0.05) is 0 Å². The van der Waals surface area contributed by atoms with Gasteiger partial charge in [0.25, 0.3) is 0 Å². The normalized spacial score (nSPS) is 8.40. The van der Waals surface area contributed by atoms with E-state index in [1.807, 2.05) is 4.98 Å². The Balaban J connectivity index is 0.000000810. The second-order valence-corrected chi connectivity index (χ2v) is 1.77. The fourth-order valence-corrected chi connectivity index (χ4v) is 0.588. The summed E-state index contributed by atoms with van der Waals surface area (Å²) in [4.78, 5) is 26.9. The predicted octanol–water partition coefficient (Wildman–Crippen LogP) is -0.882. The molecule has 0 aromatic carbocycles. The monoisotopic (exact) mass is 347 g/mol. The zero-order valence-electron chi connectivity index (χ0n) is 4.93. The number of hydrogen-bond acceptors (Lipinski definition) is 3. The average Bonchev–Trinajstić information content (AvgIpc) is 1.59. The molecule has 0 saturated heterocycles. The molecule has 0 fully saturated rings. The molecular weight excluding hydrogens is 343 g/mol. The van der Waals surface area contributed by atoms with Crippen molar-refractivity contribution >= 4 is 12.2 Å². The molecule has 5 nitrogen and oxygen atoms in total. The Kier molecular flexibility index (Phi) is 3.73. The maximum atomic E-state index is 10.3. The maximum absolute atomic E-state index is 10.3. The third-order valence-corrected chi connectivity index (χ3v) is 0.885. The van der Waals surface area contributed by atoms with Crippen molar-refractivity contribution in [1.29, 1.82) is 0 Å². The first kappa shape index (κ1) is 9.77. The quantitative estimate of drug-likeness (QED) is 0.422. The van der Waals surface area contributed by atoms with Gasteiger partial charge in [-0.3, -0.25) is 15.0 Å². The second-order valence-electron chi connectivity index (χ2n) is 1.36. The minimum absolute atomic E-state index is 0. The number of hydrogen-bond donors (Lipinski definition) is 3. The largest absolute Gasteiger partial charge is 0.329 e. The van der Waals surface area contributed by atoms with E-state index in [2.05, 4.69) is 22.2 Å². The van der Waals surface area contributed by atoms with Crippen LogP contribution in [0.1, 0.15) is 0 Å². The predicted molar refractivity (Wildman–Crippen MR) is 32.9 cm³/mol. The van der Waals surface area contributed by atoms with Gasteiger partial charge in [0, 0.05) is 27.7 Å². The molecule has 0 aliphatic carbocycles. The van der Waals surface area contributed by atoms with E-state index in [4.69, 9.17) is 0 Å². The first-order chi connectivity index (χ1) is 4.18. The number of aromatic nitrogens is 3. The Morgan fingerprint density at radius 3 is 1.70 bits per heavy atom. The van der Waals surface area contributed by atoms with Gasteiger partial charge in [-0.2, -0.15) is 0 Å². The Morgan fingerprint density at radius 1 is 1.00 bits per heavy atom. The summed E-state index contributed by atoms with van der Waals surface area (Å²) >= 11 is 4.46. The van der Waals surface area contributed by atoms with Crippen molar-refractivity contribution in [3.63, 3.8) is 0 Å². The molecule has 0 aliphatic heterocycles. The van der Waals surface area contributed by atoms with E-state index in [0.717, 1.165) is 0 Å². The van der Waals surface area contributed by atoms with Crippen LogP contribution >= 0.6 is 12.2 Å². The van der Waals surface area contributed by atoms with E-state index < -0.39 is 11.4 Å². The molecule has 0 bridgehead atoms. The molecule has 10 heavy (non-hydrogen) atoms. The van der Waals surface area contributed by atoms with Gasteiger partial charge in [-0.05, 0) is 12.2 Å². The fraction of sp³-hybridized carbons (Fsp3) is 0. The van der Waals surface area contributed by atoms with Crippen LogP contribution in [-0.4, -0.2) is 15.0 Å². The van der Waals surface area contributed by atoms with Gasteiger partial charge >= 0.3 is 11.4 Å². The molecular formula is C3H3HgN3O2S. The standard InChI is InChI=1S/C3H3N3O2S.Hg/c7-1-4-2(8)6-3(9)5-1;/h(H3,4,5,6,7,8,9);. The van der Waals surface area contributed by atoms with E-state index in [1.54, 1.807) is 0 Å². The summed E-state index contributed by atoms with van der Waals surface area (Å²) in [7, 11) is 0. The molecule has 0 amide bonds. The molecule has 1 heterocycles. The summed E-state index contributed by atoms with van der Waals surface area (Å²) in [6.07, 6.45) is 0. The summed E-state index contributed by atoms with van der Waals surface area (Å²) in [5.74, 6) is 0. The van der Waals surface area contributed by atoms with Gasteiger partial charge in [-0.25, -0.2) is 9.59 Å². The van der Waals surface area contributed by atoms with E-state index in [-0.39, 0.29) is 32.4 Å². The molecule has 50 valence electrons. The molecule has 0 aliphatic rings. The molecule has 7 heteroatoms. The van der Waals surface area contributed by atoms with Crippen molar-refractivity contribution in [2.24, 2.45) is 0 Å². The van der Waals surface area contributed by atoms with Crippen LogP contribution in [0.15, 0.2) is 9.59 Å². The van der Waals surface area contributed by atoms with Crippen molar-refractivity contribution < 1.29 is 27.7 Å². The van der Waals surface area contributed by atoms with E-state index in [0.29, 0.717) is 0 Å². The van der Waals surface area contributed by atoms with Gasteiger partial charge in [0.1, 0.15) is 0 Å². The van der Waals surface area contributed by atoms with Gasteiger partial charge in [0.15, 0.2) is 4.77 Å². The Bertz CT molecular complexity index is 284. The van der Waals surface area contributed by atoms with Crippen LogP contribution in [0.5, 0.6) is 0 Å². The zero-order chi connectivity index (χ0) is 6.85. The number of H-pyrrole nitrogens is 3. The third-order valence-electron chi connectivity index (χ3n) is 0.681. The summed E-state index contributed by atoms with van der Waals surface area (Å²) in [6.45, 7) is 0. The maximum Gasteiger partial charge on any atom is 0.329 e. The molecule has 0 atom stereocenters. The molecule has 0 radical (unpaired) electrons. The molecule has 0 spiro atoms. The van der Waals surface area contributed by atoms with Crippen LogP contribution in [0.4, 0.5) is 0 Å². The number of nitrogens with one attached hydrogen (secondary N) is 3. The van der Waals surface area contributed by atoms with Crippen LogP contribution < -0.4 is 11.4 Å². The van der Waals surface area contributed by atoms with E-state index in [9.17, 15) is 9.59 Å². The second kappa shape index (κ2) is 3.82. The third kappa shape index (κ3) is 2.57. The van der Waals surface area contributed by atoms with E-state index in [1.165, 1.54) is 0 Å². The number of aromatic amines is 3. The van der Waals surface area contributed by atoms with Gasteiger partial charge in [0.05, 0.1) is 0 Å². The molecule has 1 rings (SSSR count). The minimum Gasteiger partial charge on any atom is -0.284 e. The van der Waals surface area contributed by atoms with Crippen LogP contribution in [0.2, 0.25) is 0 Å². The Hall–Kier alpha value is -0.235. The van der Waals surface area contributed by atoms with Crippen LogP contribution in [0.25, 0.3) is 0 Å². The van der Waals surface area contributed by atoms with Gasteiger partial charge < -0.3 is 0 Å². The van der Waals surface area contributed by atoms with Crippen LogP contribution in [-0.2, 0) is 27.7 Å². The van der Waals surface area contributed by atoms with Gasteiger partial charge in [-0.15, -0.1) is 0 Å². The Labute approximate surface area is 80.4 Å². The summed E-state index contributed by atoms with van der Waals surface area (Å²) in [5, 5.41) is 0. The fourth-order valence-electron chi connectivity index (χ4n) is 0.403. The molecule has 1 aromatic heterocycles. The van der Waals surface area contributed by atoms with Crippen molar-refractivity contribution in [2.45, 2.75) is 0 Å². The zero-order valence-corrected chi connectivity index (χ0v) is 11.2. The SMILES string of the molecule is O=c1[nH]c(=O)[nH]c(=S)[nH]1.[Hg]. The topological polar surface area (TPSA) is 81.5 Å². The van der Waals surface area contributed by atoms with Crippen molar-refractivity contribution in [3.05, 3.63) is 25.7 Å². The molecule has 0 saturated carbocycles. The average molecular weight is 346 g/mol.